The number of ether oxygens (including phenoxy) is 2. The second-order valence-corrected chi connectivity index (χ2v) is 10.1. The number of benzene rings is 2. The molecule has 0 saturated carbocycles. The van der Waals surface area contributed by atoms with Gasteiger partial charge in [-0.15, -0.1) is 11.3 Å². The van der Waals surface area contributed by atoms with Crippen LogP contribution in [0.15, 0.2) is 48.5 Å². The number of piperazine rings is 1. The summed E-state index contributed by atoms with van der Waals surface area (Å²) in [4.78, 5) is 35.6. The van der Waals surface area contributed by atoms with Gasteiger partial charge >= 0.3 is 0 Å². The predicted octanol–water partition coefficient (Wildman–Crippen LogP) is 4.40. The molecule has 0 N–H and O–H groups in total. The zero-order valence-corrected chi connectivity index (χ0v) is 21.6. The highest BCUT2D eigenvalue weighted by Crippen LogP contribution is 2.35. The molecule has 0 aliphatic carbocycles. The van der Waals surface area contributed by atoms with Crippen molar-refractivity contribution in [2.75, 3.05) is 40.4 Å². The van der Waals surface area contributed by atoms with Crippen LogP contribution >= 0.6 is 11.3 Å². The monoisotopic (exact) mass is 493 g/mol. The van der Waals surface area contributed by atoms with Gasteiger partial charge in [-0.3, -0.25) is 9.59 Å². The van der Waals surface area contributed by atoms with Crippen LogP contribution in [0.2, 0.25) is 0 Å². The first kappa shape index (κ1) is 24.7. The van der Waals surface area contributed by atoms with Crippen LogP contribution in [0.5, 0.6) is 11.5 Å². The molecular weight excluding hydrogens is 462 g/mol. The van der Waals surface area contributed by atoms with Crippen molar-refractivity contribution in [2.45, 2.75) is 26.2 Å². The molecule has 3 aromatic rings. The molecular formula is C27H31N3O4S. The summed E-state index contributed by atoms with van der Waals surface area (Å²) in [6.07, 6.45) is 0. The van der Waals surface area contributed by atoms with Crippen LogP contribution in [0.3, 0.4) is 0 Å². The van der Waals surface area contributed by atoms with Crippen LogP contribution in [0.4, 0.5) is 0 Å². The Balaban J connectivity index is 1.45. The number of aryl methyl sites for hydroxylation is 1. The molecule has 2 heterocycles. The molecule has 4 rings (SSSR count). The van der Waals surface area contributed by atoms with Crippen molar-refractivity contribution in [2.24, 2.45) is 0 Å². The highest BCUT2D eigenvalue weighted by atomic mass is 32.1. The van der Waals surface area contributed by atoms with Gasteiger partial charge in [0.2, 0.25) is 5.91 Å². The van der Waals surface area contributed by atoms with Gasteiger partial charge in [0, 0.05) is 31.7 Å². The third kappa shape index (κ3) is 4.89. The van der Waals surface area contributed by atoms with Crippen LogP contribution in [-0.4, -0.2) is 67.0 Å². The Morgan fingerprint density at radius 1 is 0.914 bits per heavy atom. The second-order valence-electron chi connectivity index (χ2n) is 9.08. The van der Waals surface area contributed by atoms with Crippen LogP contribution in [-0.2, 0) is 10.2 Å². The predicted molar refractivity (Wildman–Crippen MR) is 137 cm³/mol. The summed E-state index contributed by atoms with van der Waals surface area (Å²) in [6.45, 7) is 7.80. The van der Waals surface area contributed by atoms with Crippen molar-refractivity contribution >= 4 is 23.2 Å². The first-order chi connectivity index (χ1) is 16.8. The maximum absolute atomic E-state index is 13.3. The number of carbonyl (C=O) groups is 2. The molecule has 1 saturated heterocycles. The standard InChI is InChI=1S/C27H31N3O4S/c1-18-23(35-24(28-18)19-11-12-21(33-4)22(17-19)34-5)25(31)29-13-15-30(16-14-29)26(32)27(2,3)20-9-7-6-8-10-20/h6-12,17H,13-16H2,1-5H3. The Hall–Kier alpha value is -3.39. The van der Waals surface area contributed by atoms with E-state index in [4.69, 9.17) is 9.47 Å². The van der Waals surface area contributed by atoms with Crippen molar-refractivity contribution in [1.29, 1.82) is 0 Å². The van der Waals surface area contributed by atoms with Gasteiger partial charge in [0.05, 0.1) is 25.3 Å². The summed E-state index contributed by atoms with van der Waals surface area (Å²) in [5.41, 5.74) is 1.95. The molecule has 1 aliphatic heterocycles. The first-order valence-electron chi connectivity index (χ1n) is 11.6. The number of nitrogens with zero attached hydrogens (tertiary/aromatic N) is 3. The minimum absolute atomic E-state index is 0.0406. The Kier molecular flexibility index (Phi) is 7.12. The van der Waals surface area contributed by atoms with E-state index in [2.05, 4.69) is 4.98 Å². The van der Waals surface area contributed by atoms with Gasteiger partial charge in [0.15, 0.2) is 11.5 Å². The summed E-state index contributed by atoms with van der Waals surface area (Å²) in [6, 6.07) is 15.4. The normalized spacial score (nSPS) is 14.1. The van der Waals surface area contributed by atoms with E-state index in [0.717, 1.165) is 16.1 Å². The number of carbonyl (C=O) groups excluding carboxylic acids is 2. The summed E-state index contributed by atoms with van der Waals surface area (Å²) < 4.78 is 10.7. The number of hydrogen-bond donors (Lipinski definition) is 0. The largest absolute Gasteiger partial charge is 0.493 e. The van der Waals surface area contributed by atoms with Crippen LogP contribution < -0.4 is 9.47 Å². The third-order valence-electron chi connectivity index (χ3n) is 6.51. The number of amides is 2. The molecule has 0 spiro atoms. The van der Waals surface area contributed by atoms with Gasteiger partial charge in [-0.1, -0.05) is 30.3 Å². The lowest BCUT2D eigenvalue weighted by Crippen LogP contribution is -2.54. The molecule has 35 heavy (non-hydrogen) atoms. The van der Waals surface area contributed by atoms with Gasteiger partial charge in [-0.25, -0.2) is 4.98 Å². The Morgan fingerprint density at radius 3 is 2.17 bits per heavy atom. The van der Waals surface area contributed by atoms with Gasteiger partial charge in [0.1, 0.15) is 9.88 Å². The third-order valence-corrected chi connectivity index (χ3v) is 7.70. The number of methoxy groups -OCH3 is 2. The summed E-state index contributed by atoms with van der Waals surface area (Å²) >= 11 is 1.38. The zero-order chi connectivity index (χ0) is 25.2. The number of hydrogen-bond acceptors (Lipinski definition) is 6. The summed E-state index contributed by atoms with van der Waals surface area (Å²) in [7, 11) is 3.19. The van der Waals surface area contributed by atoms with Gasteiger partial charge in [-0.05, 0) is 44.5 Å². The van der Waals surface area contributed by atoms with E-state index < -0.39 is 5.41 Å². The highest BCUT2D eigenvalue weighted by molar-refractivity contribution is 7.17. The van der Waals surface area contributed by atoms with Crippen molar-refractivity contribution in [3.63, 3.8) is 0 Å². The number of aromatic nitrogens is 1. The minimum Gasteiger partial charge on any atom is -0.493 e. The number of thiazole rings is 1. The molecule has 0 unspecified atom stereocenters. The summed E-state index contributed by atoms with van der Waals surface area (Å²) in [5.74, 6) is 1.30. The van der Waals surface area contributed by atoms with E-state index in [0.29, 0.717) is 48.2 Å². The molecule has 2 amide bonds. The molecule has 0 atom stereocenters. The maximum atomic E-state index is 13.3. The molecule has 1 aromatic heterocycles. The van der Waals surface area contributed by atoms with Crippen LogP contribution in [0.25, 0.3) is 10.6 Å². The van der Waals surface area contributed by atoms with Crippen LogP contribution in [0, 0.1) is 6.92 Å². The maximum Gasteiger partial charge on any atom is 0.265 e. The summed E-state index contributed by atoms with van der Waals surface area (Å²) in [5, 5.41) is 0.755. The fraction of sp³-hybridized carbons (Fsp3) is 0.370. The van der Waals surface area contributed by atoms with Crippen molar-refractivity contribution in [1.82, 2.24) is 14.8 Å². The average molecular weight is 494 g/mol. The average Bonchev–Trinajstić information content (AvgIpc) is 3.29. The quantitative estimate of drug-likeness (QED) is 0.509. The van der Waals surface area contributed by atoms with Gasteiger partial charge in [0.25, 0.3) is 5.91 Å². The fourth-order valence-electron chi connectivity index (χ4n) is 4.32. The minimum atomic E-state index is -0.615. The zero-order valence-electron chi connectivity index (χ0n) is 20.8. The Bertz CT molecular complexity index is 1210. The molecule has 0 bridgehead atoms. The van der Waals surface area contributed by atoms with Crippen molar-refractivity contribution in [3.05, 3.63) is 64.7 Å². The molecule has 1 fully saturated rings. The lowest BCUT2D eigenvalue weighted by molar-refractivity contribution is -0.137. The molecule has 184 valence electrons. The van der Waals surface area contributed by atoms with Gasteiger partial charge in [-0.2, -0.15) is 0 Å². The molecule has 0 radical (unpaired) electrons. The highest BCUT2D eigenvalue weighted by Gasteiger charge is 2.36. The van der Waals surface area contributed by atoms with Crippen molar-refractivity contribution in [3.8, 4) is 22.1 Å². The SMILES string of the molecule is COc1ccc(-c2nc(C)c(C(=O)N3CCN(C(=O)C(C)(C)c4ccccc4)CC3)s2)cc1OC. The van der Waals surface area contributed by atoms with E-state index in [1.807, 2.05) is 79.1 Å². The second kappa shape index (κ2) is 10.1. The van der Waals surface area contributed by atoms with Crippen LogP contribution in [0.1, 0.15) is 34.8 Å². The lowest BCUT2D eigenvalue weighted by Gasteiger charge is -2.38. The van der Waals surface area contributed by atoms with E-state index in [-0.39, 0.29) is 11.8 Å². The number of rotatable bonds is 6. The van der Waals surface area contributed by atoms with E-state index >= 15 is 0 Å². The van der Waals surface area contributed by atoms with E-state index in [1.165, 1.54) is 11.3 Å². The fourth-order valence-corrected chi connectivity index (χ4v) is 5.35. The Morgan fingerprint density at radius 2 is 1.54 bits per heavy atom. The van der Waals surface area contributed by atoms with Crippen molar-refractivity contribution < 1.29 is 19.1 Å². The first-order valence-corrected chi connectivity index (χ1v) is 12.4. The smallest absolute Gasteiger partial charge is 0.265 e. The molecule has 8 heteroatoms. The molecule has 2 aromatic carbocycles. The molecule has 1 aliphatic rings. The van der Waals surface area contributed by atoms with Gasteiger partial charge < -0.3 is 19.3 Å². The lowest BCUT2D eigenvalue weighted by atomic mass is 9.83. The Labute approximate surface area is 210 Å². The molecule has 7 nitrogen and oxygen atoms in total. The topological polar surface area (TPSA) is 72.0 Å². The van der Waals surface area contributed by atoms with E-state index in [9.17, 15) is 9.59 Å². The van der Waals surface area contributed by atoms with E-state index in [1.54, 1.807) is 14.2 Å².